The van der Waals surface area contributed by atoms with E-state index in [2.05, 4.69) is 29.0 Å². The number of aliphatic hydroxyl groups is 1. The Morgan fingerprint density at radius 1 is 1.23 bits per heavy atom. The quantitative estimate of drug-likeness (QED) is 0.735. The summed E-state index contributed by atoms with van der Waals surface area (Å²) in [5.41, 5.74) is 3.16. The Morgan fingerprint density at radius 3 is 2.69 bits per heavy atom. The van der Waals surface area contributed by atoms with Crippen LogP contribution in [-0.2, 0) is 13.1 Å². The SMILES string of the molecule is Cc1nn(CC(C)C)cc1Cn1ncnc1-c1ccc(F)cc1[C@@H](C)O. The fourth-order valence-corrected chi connectivity index (χ4v) is 3.01. The van der Waals surface area contributed by atoms with Crippen molar-refractivity contribution in [3.63, 3.8) is 0 Å². The maximum Gasteiger partial charge on any atom is 0.158 e. The molecule has 0 bridgehead atoms. The average molecular weight is 357 g/mol. The third kappa shape index (κ3) is 3.83. The fourth-order valence-electron chi connectivity index (χ4n) is 3.01. The summed E-state index contributed by atoms with van der Waals surface area (Å²) in [6.07, 6.45) is 2.70. The van der Waals surface area contributed by atoms with Crippen LogP contribution in [0.1, 0.15) is 43.7 Å². The van der Waals surface area contributed by atoms with Crippen molar-refractivity contribution in [2.75, 3.05) is 0 Å². The zero-order valence-electron chi connectivity index (χ0n) is 15.5. The molecule has 0 unspecified atom stereocenters. The van der Waals surface area contributed by atoms with Gasteiger partial charge in [-0.2, -0.15) is 10.2 Å². The largest absolute Gasteiger partial charge is 0.389 e. The van der Waals surface area contributed by atoms with E-state index in [0.29, 0.717) is 29.4 Å². The van der Waals surface area contributed by atoms with Crippen LogP contribution in [0.2, 0.25) is 0 Å². The molecule has 1 aromatic carbocycles. The van der Waals surface area contributed by atoms with Gasteiger partial charge >= 0.3 is 0 Å². The third-order valence-corrected chi connectivity index (χ3v) is 4.24. The van der Waals surface area contributed by atoms with Gasteiger partial charge in [0.15, 0.2) is 5.82 Å². The second-order valence-electron chi connectivity index (χ2n) is 7.00. The average Bonchev–Trinajstić information content (AvgIpc) is 3.14. The number of rotatable bonds is 6. The van der Waals surface area contributed by atoms with Crippen molar-refractivity contribution in [3.8, 4) is 11.4 Å². The molecule has 0 amide bonds. The monoisotopic (exact) mass is 357 g/mol. The van der Waals surface area contributed by atoms with Crippen molar-refractivity contribution in [1.82, 2.24) is 24.5 Å². The number of hydrogen-bond donors (Lipinski definition) is 1. The lowest BCUT2D eigenvalue weighted by Gasteiger charge is -2.13. The highest BCUT2D eigenvalue weighted by molar-refractivity contribution is 5.61. The molecule has 138 valence electrons. The van der Waals surface area contributed by atoms with Gasteiger partial charge in [-0.05, 0) is 43.5 Å². The van der Waals surface area contributed by atoms with Crippen molar-refractivity contribution in [3.05, 3.63) is 53.4 Å². The van der Waals surface area contributed by atoms with Crippen molar-refractivity contribution < 1.29 is 9.50 Å². The fraction of sp³-hybridized carbons (Fsp3) is 0.421. The molecule has 6 nitrogen and oxygen atoms in total. The van der Waals surface area contributed by atoms with Crippen LogP contribution in [0.25, 0.3) is 11.4 Å². The van der Waals surface area contributed by atoms with E-state index >= 15 is 0 Å². The predicted molar refractivity (Wildman–Crippen MR) is 97.0 cm³/mol. The standard InChI is InChI=1S/C19H24FN5O/c1-12(2)8-24-9-15(13(3)23-24)10-25-19(21-11-22-25)17-6-5-16(20)7-18(17)14(4)26/h5-7,9,11-12,14,26H,8,10H2,1-4H3/t14-/m1/s1. The molecule has 0 fully saturated rings. The minimum atomic E-state index is -0.804. The Kier molecular flexibility index (Phi) is 5.18. The van der Waals surface area contributed by atoms with Gasteiger partial charge in [0.25, 0.3) is 0 Å². The number of hydrogen-bond acceptors (Lipinski definition) is 4. The molecule has 0 spiro atoms. The van der Waals surface area contributed by atoms with Crippen molar-refractivity contribution in [2.45, 2.75) is 46.9 Å². The lowest BCUT2D eigenvalue weighted by molar-refractivity contribution is 0.199. The third-order valence-electron chi connectivity index (χ3n) is 4.24. The number of halogens is 1. The van der Waals surface area contributed by atoms with Gasteiger partial charge in [0.2, 0.25) is 0 Å². The summed E-state index contributed by atoms with van der Waals surface area (Å²) in [7, 11) is 0. The highest BCUT2D eigenvalue weighted by Gasteiger charge is 2.17. The molecule has 3 rings (SSSR count). The van der Waals surface area contributed by atoms with E-state index in [1.54, 1.807) is 17.7 Å². The molecule has 3 aromatic rings. The van der Waals surface area contributed by atoms with Gasteiger partial charge in [-0.15, -0.1) is 0 Å². The van der Waals surface area contributed by atoms with Gasteiger partial charge in [-0.3, -0.25) is 4.68 Å². The van der Waals surface area contributed by atoms with Crippen LogP contribution in [0.5, 0.6) is 0 Å². The van der Waals surface area contributed by atoms with E-state index in [1.165, 1.54) is 18.5 Å². The molecular formula is C19H24FN5O. The molecule has 26 heavy (non-hydrogen) atoms. The Balaban J connectivity index is 1.94. The molecule has 0 aliphatic heterocycles. The first-order valence-electron chi connectivity index (χ1n) is 8.73. The summed E-state index contributed by atoms with van der Waals surface area (Å²) in [6.45, 7) is 9.25. The maximum absolute atomic E-state index is 13.6. The van der Waals surface area contributed by atoms with Crippen LogP contribution in [0, 0.1) is 18.7 Å². The zero-order chi connectivity index (χ0) is 18.8. The van der Waals surface area contributed by atoms with Gasteiger partial charge in [-0.25, -0.2) is 14.1 Å². The molecule has 0 aliphatic carbocycles. The minimum absolute atomic E-state index is 0.387. The van der Waals surface area contributed by atoms with Gasteiger partial charge in [0.1, 0.15) is 12.1 Å². The molecule has 2 heterocycles. The first kappa shape index (κ1) is 18.3. The predicted octanol–water partition coefficient (Wildman–Crippen LogP) is 3.35. The lowest BCUT2D eigenvalue weighted by Crippen LogP contribution is -2.07. The summed E-state index contributed by atoms with van der Waals surface area (Å²) in [6, 6.07) is 4.34. The molecule has 0 saturated carbocycles. The van der Waals surface area contributed by atoms with Crippen LogP contribution in [0.3, 0.4) is 0 Å². The highest BCUT2D eigenvalue weighted by atomic mass is 19.1. The molecule has 0 saturated heterocycles. The number of aryl methyl sites for hydroxylation is 1. The molecule has 1 atom stereocenters. The second-order valence-corrected chi connectivity index (χ2v) is 7.00. The topological polar surface area (TPSA) is 68.8 Å². The summed E-state index contributed by atoms with van der Waals surface area (Å²) < 4.78 is 17.3. The Labute approximate surface area is 152 Å². The summed E-state index contributed by atoms with van der Waals surface area (Å²) in [5, 5.41) is 18.9. The van der Waals surface area contributed by atoms with Crippen LogP contribution in [0.4, 0.5) is 4.39 Å². The van der Waals surface area contributed by atoms with E-state index < -0.39 is 6.10 Å². The smallest absolute Gasteiger partial charge is 0.158 e. The second kappa shape index (κ2) is 7.37. The van der Waals surface area contributed by atoms with Gasteiger partial charge < -0.3 is 5.11 Å². The summed E-state index contributed by atoms with van der Waals surface area (Å²) >= 11 is 0. The highest BCUT2D eigenvalue weighted by Crippen LogP contribution is 2.28. The van der Waals surface area contributed by atoms with Crippen molar-refractivity contribution in [2.24, 2.45) is 5.92 Å². The Hall–Kier alpha value is -2.54. The van der Waals surface area contributed by atoms with Crippen molar-refractivity contribution in [1.29, 1.82) is 0 Å². The van der Waals surface area contributed by atoms with E-state index in [4.69, 9.17) is 0 Å². The normalized spacial score (nSPS) is 12.7. The van der Waals surface area contributed by atoms with Crippen LogP contribution in [-0.4, -0.2) is 29.7 Å². The first-order valence-corrected chi connectivity index (χ1v) is 8.73. The number of aromatic nitrogens is 5. The summed E-state index contributed by atoms with van der Waals surface area (Å²) in [5.74, 6) is 0.718. The number of nitrogens with zero attached hydrogens (tertiary/aromatic N) is 5. The maximum atomic E-state index is 13.6. The lowest BCUT2D eigenvalue weighted by atomic mass is 10.0. The minimum Gasteiger partial charge on any atom is -0.389 e. The Bertz CT molecular complexity index is 897. The zero-order valence-corrected chi connectivity index (χ0v) is 15.5. The van der Waals surface area contributed by atoms with Gasteiger partial charge in [0.05, 0.1) is 18.3 Å². The molecule has 1 N–H and O–H groups in total. The Morgan fingerprint density at radius 2 is 2.00 bits per heavy atom. The van der Waals surface area contributed by atoms with Crippen molar-refractivity contribution >= 4 is 0 Å². The molecule has 2 aromatic heterocycles. The molecular weight excluding hydrogens is 333 g/mol. The van der Waals surface area contributed by atoms with Crippen LogP contribution >= 0.6 is 0 Å². The molecule has 0 aliphatic rings. The summed E-state index contributed by atoms with van der Waals surface area (Å²) in [4.78, 5) is 4.33. The van der Waals surface area contributed by atoms with Gasteiger partial charge in [0, 0.05) is 23.9 Å². The molecule has 0 radical (unpaired) electrons. The van der Waals surface area contributed by atoms with Crippen LogP contribution in [0.15, 0.2) is 30.7 Å². The number of benzene rings is 1. The van der Waals surface area contributed by atoms with E-state index in [-0.39, 0.29) is 5.82 Å². The van der Waals surface area contributed by atoms with E-state index in [0.717, 1.165) is 17.8 Å². The first-order chi connectivity index (χ1) is 12.3. The molecule has 7 heteroatoms. The number of aliphatic hydroxyl groups excluding tert-OH is 1. The van der Waals surface area contributed by atoms with Gasteiger partial charge in [-0.1, -0.05) is 13.8 Å². The van der Waals surface area contributed by atoms with E-state index in [9.17, 15) is 9.50 Å². The van der Waals surface area contributed by atoms with E-state index in [1.807, 2.05) is 17.8 Å². The van der Waals surface area contributed by atoms with Crippen LogP contribution < -0.4 is 0 Å².